The molecular weight excluding hydrogens is 289 g/mol. The molecule has 0 saturated heterocycles. The largest absolute Gasteiger partial charge is 0.441 e. The normalized spacial score (nSPS) is 11.6. The lowest BCUT2D eigenvalue weighted by Gasteiger charge is -2.11. The highest BCUT2D eigenvalue weighted by atomic mass is 32.2. The molecule has 0 fully saturated rings. The van der Waals surface area contributed by atoms with Gasteiger partial charge in [0.25, 0.3) is 0 Å². The first-order valence-electron chi connectivity index (χ1n) is 5.89. The first kappa shape index (κ1) is 14.7. The van der Waals surface area contributed by atoms with Gasteiger partial charge in [0.05, 0.1) is 5.52 Å². The van der Waals surface area contributed by atoms with Crippen molar-refractivity contribution >= 4 is 34.4 Å². The molecule has 0 unspecified atom stereocenters. The van der Waals surface area contributed by atoms with Gasteiger partial charge in [-0.1, -0.05) is 12.1 Å². The number of para-hydroxylation sites is 1. The summed E-state index contributed by atoms with van der Waals surface area (Å²) in [5.41, 5.74) is -3.47. The Hall–Kier alpha value is -1.70. The van der Waals surface area contributed by atoms with Gasteiger partial charge in [0.15, 0.2) is 0 Å². The van der Waals surface area contributed by atoms with Crippen LogP contribution in [-0.4, -0.2) is 34.8 Å². The molecule has 0 atom stereocenters. The minimum Gasteiger partial charge on any atom is -0.369 e. The lowest BCUT2D eigenvalue weighted by Crippen LogP contribution is -2.11. The minimum atomic E-state index is -4.20. The standard InChI is InChI=1S/C12H13F3N4S/c1-16-11-18-9-5-3-2-4-8(9)10(19-11)17-6-7-20-12(13,14)15/h2-5H,6-7H2,1H3,(H2,16,17,18,19). The third-order valence-electron chi connectivity index (χ3n) is 2.49. The molecule has 1 heterocycles. The van der Waals surface area contributed by atoms with E-state index in [-0.39, 0.29) is 24.1 Å². The topological polar surface area (TPSA) is 49.8 Å². The van der Waals surface area contributed by atoms with Crippen LogP contribution < -0.4 is 10.6 Å². The van der Waals surface area contributed by atoms with Gasteiger partial charge >= 0.3 is 5.51 Å². The van der Waals surface area contributed by atoms with Crippen molar-refractivity contribution in [1.29, 1.82) is 0 Å². The Morgan fingerprint density at radius 1 is 1.20 bits per heavy atom. The van der Waals surface area contributed by atoms with Crippen molar-refractivity contribution in [2.75, 3.05) is 30.0 Å². The Kier molecular flexibility index (Phi) is 4.53. The van der Waals surface area contributed by atoms with Crippen molar-refractivity contribution < 1.29 is 13.2 Å². The van der Waals surface area contributed by atoms with Crippen molar-refractivity contribution in [3.63, 3.8) is 0 Å². The molecule has 2 aromatic rings. The number of rotatable bonds is 5. The molecule has 8 heteroatoms. The number of fused-ring (bicyclic) bond motifs is 1. The van der Waals surface area contributed by atoms with E-state index in [9.17, 15) is 13.2 Å². The summed E-state index contributed by atoms with van der Waals surface area (Å²) in [6.07, 6.45) is 0. The molecule has 2 N–H and O–H groups in total. The molecule has 0 saturated carbocycles. The van der Waals surface area contributed by atoms with Crippen LogP contribution in [0.4, 0.5) is 24.9 Å². The summed E-state index contributed by atoms with van der Waals surface area (Å²) >= 11 is -0.0534. The Bertz CT molecular complexity index is 588. The summed E-state index contributed by atoms with van der Waals surface area (Å²) in [4.78, 5) is 8.50. The van der Waals surface area contributed by atoms with E-state index in [1.807, 2.05) is 24.3 Å². The third kappa shape index (κ3) is 3.89. The second-order valence-corrected chi connectivity index (χ2v) is 5.04. The van der Waals surface area contributed by atoms with Crippen LogP contribution in [0.1, 0.15) is 0 Å². The maximum atomic E-state index is 12.1. The number of thioether (sulfide) groups is 1. The fraction of sp³-hybridized carbons (Fsp3) is 0.333. The van der Waals surface area contributed by atoms with Crippen LogP contribution in [0.5, 0.6) is 0 Å². The van der Waals surface area contributed by atoms with Gasteiger partial charge in [-0.2, -0.15) is 18.2 Å². The molecular formula is C12H13F3N4S. The lowest BCUT2D eigenvalue weighted by atomic mass is 10.2. The zero-order chi connectivity index (χ0) is 14.6. The monoisotopic (exact) mass is 302 g/mol. The van der Waals surface area contributed by atoms with Crippen molar-refractivity contribution in [3.05, 3.63) is 24.3 Å². The highest BCUT2D eigenvalue weighted by Crippen LogP contribution is 2.30. The number of hydrogen-bond donors (Lipinski definition) is 2. The molecule has 4 nitrogen and oxygen atoms in total. The highest BCUT2D eigenvalue weighted by molar-refractivity contribution is 8.00. The van der Waals surface area contributed by atoms with Crippen molar-refractivity contribution in [2.24, 2.45) is 0 Å². The molecule has 1 aromatic carbocycles. The van der Waals surface area contributed by atoms with Gasteiger partial charge in [0, 0.05) is 24.7 Å². The molecule has 0 bridgehead atoms. The summed E-state index contributed by atoms with van der Waals surface area (Å²) in [6.45, 7) is 0.175. The number of aromatic nitrogens is 2. The molecule has 0 spiro atoms. The Labute approximate surface area is 118 Å². The second-order valence-electron chi connectivity index (χ2n) is 3.88. The second kappa shape index (κ2) is 6.17. The average Bonchev–Trinajstić information content (AvgIpc) is 2.42. The molecule has 20 heavy (non-hydrogen) atoms. The predicted molar refractivity (Wildman–Crippen MR) is 76.1 cm³/mol. The minimum absolute atomic E-state index is 0.0534. The SMILES string of the molecule is CNc1nc(NCCSC(F)(F)F)c2ccccc2n1. The number of halogens is 3. The summed E-state index contributed by atoms with van der Waals surface area (Å²) in [7, 11) is 1.69. The molecule has 108 valence electrons. The number of nitrogens with zero attached hydrogens (tertiary/aromatic N) is 2. The van der Waals surface area contributed by atoms with Crippen molar-refractivity contribution in [3.8, 4) is 0 Å². The molecule has 0 radical (unpaired) electrons. The van der Waals surface area contributed by atoms with E-state index in [4.69, 9.17) is 0 Å². The van der Waals surface area contributed by atoms with Crippen LogP contribution in [0, 0.1) is 0 Å². The van der Waals surface area contributed by atoms with E-state index in [1.54, 1.807) is 7.05 Å². The smallest absolute Gasteiger partial charge is 0.369 e. The quantitative estimate of drug-likeness (QED) is 0.830. The van der Waals surface area contributed by atoms with Crippen LogP contribution in [-0.2, 0) is 0 Å². The van der Waals surface area contributed by atoms with Gasteiger partial charge in [0.2, 0.25) is 5.95 Å². The zero-order valence-electron chi connectivity index (χ0n) is 10.7. The summed E-state index contributed by atoms with van der Waals surface area (Å²) < 4.78 is 36.2. The average molecular weight is 302 g/mol. The Morgan fingerprint density at radius 2 is 1.95 bits per heavy atom. The van der Waals surface area contributed by atoms with Gasteiger partial charge in [-0.15, -0.1) is 0 Å². The van der Waals surface area contributed by atoms with Gasteiger partial charge in [-0.05, 0) is 23.9 Å². The first-order valence-corrected chi connectivity index (χ1v) is 6.87. The number of alkyl halides is 3. The summed E-state index contributed by atoms with van der Waals surface area (Å²) in [5, 5.41) is 6.53. The van der Waals surface area contributed by atoms with E-state index < -0.39 is 5.51 Å². The molecule has 0 amide bonds. The lowest BCUT2D eigenvalue weighted by molar-refractivity contribution is -0.0327. The van der Waals surface area contributed by atoms with E-state index in [0.717, 1.165) is 10.9 Å². The zero-order valence-corrected chi connectivity index (χ0v) is 11.5. The van der Waals surface area contributed by atoms with Crippen LogP contribution in [0.3, 0.4) is 0 Å². The number of nitrogens with one attached hydrogen (secondary N) is 2. The number of hydrogen-bond acceptors (Lipinski definition) is 5. The van der Waals surface area contributed by atoms with Gasteiger partial charge < -0.3 is 10.6 Å². The van der Waals surface area contributed by atoms with E-state index in [2.05, 4.69) is 20.6 Å². The van der Waals surface area contributed by atoms with E-state index >= 15 is 0 Å². The van der Waals surface area contributed by atoms with Gasteiger partial charge in [-0.3, -0.25) is 0 Å². The highest BCUT2D eigenvalue weighted by Gasteiger charge is 2.27. The molecule has 0 aliphatic carbocycles. The van der Waals surface area contributed by atoms with Crippen LogP contribution >= 0.6 is 11.8 Å². The van der Waals surface area contributed by atoms with Crippen molar-refractivity contribution in [1.82, 2.24) is 9.97 Å². The Morgan fingerprint density at radius 3 is 2.65 bits per heavy atom. The Balaban J connectivity index is 2.12. The fourth-order valence-corrected chi connectivity index (χ4v) is 2.09. The predicted octanol–water partition coefficient (Wildman–Crippen LogP) is 3.34. The van der Waals surface area contributed by atoms with E-state index in [1.165, 1.54) is 0 Å². The van der Waals surface area contributed by atoms with E-state index in [0.29, 0.717) is 11.8 Å². The maximum absolute atomic E-state index is 12.1. The number of anilines is 2. The molecule has 2 rings (SSSR count). The number of benzene rings is 1. The van der Waals surface area contributed by atoms with Gasteiger partial charge in [-0.25, -0.2) is 4.98 Å². The summed E-state index contributed by atoms with van der Waals surface area (Å²) in [5.74, 6) is 0.883. The molecule has 0 aliphatic rings. The molecule has 0 aliphatic heterocycles. The van der Waals surface area contributed by atoms with Crippen LogP contribution in [0.25, 0.3) is 10.9 Å². The first-order chi connectivity index (χ1) is 9.49. The van der Waals surface area contributed by atoms with Gasteiger partial charge in [0.1, 0.15) is 5.82 Å². The van der Waals surface area contributed by atoms with Crippen LogP contribution in [0.2, 0.25) is 0 Å². The maximum Gasteiger partial charge on any atom is 0.441 e. The summed E-state index contributed by atoms with van der Waals surface area (Å²) in [6, 6.07) is 7.33. The molecule has 1 aromatic heterocycles. The third-order valence-corrected chi connectivity index (χ3v) is 3.22. The van der Waals surface area contributed by atoms with Crippen LogP contribution in [0.15, 0.2) is 24.3 Å². The fourth-order valence-electron chi connectivity index (χ4n) is 1.66. The van der Waals surface area contributed by atoms with Crippen molar-refractivity contribution in [2.45, 2.75) is 5.51 Å².